The van der Waals surface area contributed by atoms with Crippen LogP contribution in [0.2, 0.25) is 0 Å². The van der Waals surface area contributed by atoms with E-state index < -0.39 is 0 Å². The molecule has 23 heavy (non-hydrogen) atoms. The molecule has 120 valence electrons. The van der Waals surface area contributed by atoms with Crippen molar-refractivity contribution < 1.29 is 13.9 Å². The minimum Gasteiger partial charge on any atom is -0.473 e. The highest BCUT2D eigenvalue weighted by molar-refractivity contribution is 5.78. The topological polar surface area (TPSA) is 55.3 Å². The Balaban J connectivity index is 1.48. The third-order valence-electron chi connectivity index (χ3n) is 3.90. The van der Waals surface area contributed by atoms with Crippen LogP contribution < -0.4 is 4.74 Å². The predicted octanol–water partition coefficient (Wildman–Crippen LogP) is 2.23. The van der Waals surface area contributed by atoms with Gasteiger partial charge in [0.2, 0.25) is 11.8 Å². The second-order valence-electron chi connectivity index (χ2n) is 5.56. The summed E-state index contributed by atoms with van der Waals surface area (Å²) in [4.78, 5) is 14.1. The molecule has 5 nitrogen and oxygen atoms in total. The normalized spacial score (nSPS) is 15.4. The van der Waals surface area contributed by atoms with E-state index in [9.17, 15) is 9.18 Å². The first-order chi connectivity index (χ1) is 11.2. The number of aromatic nitrogens is 2. The maximum atomic E-state index is 12.9. The molecule has 0 N–H and O–H groups in total. The van der Waals surface area contributed by atoms with Gasteiger partial charge in [-0.25, -0.2) is 4.39 Å². The van der Waals surface area contributed by atoms with E-state index in [1.807, 2.05) is 4.90 Å². The first kappa shape index (κ1) is 15.4. The molecule has 1 aliphatic rings. The number of piperidine rings is 1. The van der Waals surface area contributed by atoms with Crippen LogP contribution in [0.1, 0.15) is 18.4 Å². The van der Waals surface area contributed by atoms with Crippen molar-refractivity contribution in [3.8, 4) is 5.88 Å². The summed E-state index contributed by atoms with van der Waals surface area (Å²) in [6.07, 6.45) is 3.50. The number of rotatable bonds is 4. The predicted molar refractivity (Wildman–Crippen MR) is 82.4 cm³/mol. The number of hydrogen-bond donors (Lipinski definition) is 0. The van der Waals surface area contributed by atoms with E-state index in [2.05, 4.69) is 10.2 Å². The summed E-state index contributed by atoms with van der Waals surface area (Å²) < 4.78 is 18.6. The minimum atomic E-state index is -0.289. The third-order valence-corrected chi connectivity index (χ3v) is 3.90. The van der Waals surface area contributed by atoms with Gasteiger partial charge in [0.1, 0.15) is 11.9 Å². The summed E-state index contributed by atoms with van der Waals surface area (Å²) in [5.41, 5.74) is 0.828. The molecule has 0 bridgehead atoms. The van der Waals surface area contributed by atoms with Crippen LogP contribution in [0.5, 0.6) is 5.88 Å². The van der Waals surface area contributed by atoms with Crippen molar-refractivity contribution in [3.05, 3.63) is 54.0 Å². The van der Waals surface area contributed by atoms with Crippen LogP contribution >= 0.6 is 0 Å². The standard InChI is InChI=1S/C17H18FN3O2/c18-14-5-3-13(4-6-14)12-17(22)21-10-7-15(8-11-21)23-16-2-1-9-19-20-16/h1-6,9,15H,7-8,10-12H2. The molecular weight excluding hydrogens is 297 g/mol. The van der Waals surface area contributed by atoms with E-state index in [-0.39, 0.29) is 17.8 Å². The van der Waals surface area contributed by atoms with Crippen molar-refractivity contribution in [2.24, 2.45) is 0 Å². The van der Waals surface area contributed by atoms with Gasteiger partial charge in [-0.1, -0.05) is 12.1 Å². The number of hydrogen-bond acceptors (Lipinski definition) is 4. The lowest BCUT2D eigenvalue weighted by Gasteiger charge is -2.32. The Bertz CT molecular complexity index is 641. The molecule has 2 heterocycles. The molecule has 1 saturated heterocycles. The SMILES string of the molecule is O=C(Cc1ccc(F)cc1)N1CCC(Oc2cccnn2)CC1. The molecule has 0 spiro atoms. The summed E-state index contributed by atoms with van der Waals surface area (Å²) in [5.74, 6) is 0.293. The fraction of sp³-hybridized carbons (Fsp3) is 0.353. The highest BCUT2D eigenvalue weighted by Gasteiger charge is 2.24. The van der Waals surface area contributed by atoms with Crippen LogP contribution in [0.4, 0.5) is 4.39 Å². The Labute approximate surface area is 134 Å². The lowest BCUT2D eigenvalue weighted by atomic mass is 10.1. The molecule has 0 aliphatic carbocycles. The van der Waals surface area contributed by atoms with Crippen molar-refractivity contribution in [3.63, 3.8) is 0 Å². The monoisotopic (exact) mass is 315 g/mol. The molecule has 6 heteroatoms. The van der Waals surface area contributed by atoms with E-state index in [4.69, 9.17) is 4.74 Å². The Hall–Kier alpha value is -2.50. The average molecular weight is 315 g/mol. The number of amides is 1. The van der Waals surface area contributed by atoms with Gasteiger partial charge in [0.15, 0.2) is 0 Å². The summed E-state index contributed by atoms with van der Waals surface area (Å²) >= 11 is 0. The Morgan fingerprint density at radius 2 is 1.96 bits per heavy atom. The number of nitrogens with zero attached hydrogens (tertiary/aromatic N) is 3. The Morgan fingerprint density at radius 1 is 1.22 bits per heavy atom. The Morgan fingerprint density at radius 3 is 2.61 bits per heavy atom. The van der Waals surface area contributed by atoms with Crippen molar-refractivity contribution in [1.29, 1.82) is 0 Å². The van der Waals surface area contributed by atoms with E-state index >= 15 is 0 Å². The fourth-order valence-corrected chi connectivity index (χ4v) is 2.63. The number of carbonyl (C=O) groups is 1. The second-order valence-corrected chi connectivity index (χ2v) is 5.56. The van der Waals surface area contributed by atoms with Crippen LogP contribution in [0.3, 0.4) is 0 Å². The second kappa shape index (κ2) is 7.17. The van der Waals surface area contributed by atoms with Gasteiger partial charge in [0, 0.05) is 38.2 Å². The van der Waals surface area contributed by atoms with Gasteiger partial charge in [-0.05, 0) is 23.8 Å². The van der Waals surface area contributed by atoms with Gasteiger partial charge >= 0.3 is 0 Å². The number of benzene rings is 1. The van der Waals surface area contributed by atoms with Crippen molar-refractivity contribution >= 4 is 5.91 Å². The zero-order chi connectivity index (χ0) is 16.1. The zero-order valence-electron chi connectivity index (χ0n) is 12.7. The first-order valence-electron chi connectivity index (χ1n) is 7.67. The highest BCUT2D eigenvalue weighted by Crippen LogP contribution is 2.17. The maximum Gasteiger partial charge on any atom is 0.233 e. The average Bonchev–Trinajstić information content (AvgIpc) is 2.58. The quantitative estimate of drug-likeness (QED) is 0.868. The molecule has 3 rings (SSSR count). The number of likely N-dealkylation sites (tertiary alicyclic amines) is 1. The van der Waals surface area contributed by atoms with Gasteiger partial charge in [-0.2, -0.15) is 5.10 Å². The molecule has 0 atom stereocenters. The summed E-state index contributed by atoms with van der Waals surface area (Å²) in [6, 6.07) is 9.62. The number of carbonyl (C=O) groups excluding carboxylic acids is 1. The van der Waals surface area contributed by atoms with Crippen LogP contribution in [0.15, 0.2) is 42.6 Å². The van der Waals surface area contributed by atoms with Crippen molar-refractivity contribution in [2.45, 2.75) is 25.4 Å². The van der Waals surface area contributed by atoms with Crippen molar-refractivity contribution in [2.75, 3.05) is 13.1 Å². The Kier molecular flexibility index (Phi) is 4.80. The van der Waals surface area contributed by atoms with E-state index in [1.165, 1.54) is 12.1 Å². The fourth-order valence-electron chi connectivity index (χ4n) is 2.63. The van der Waals surface area contributed by atoms with Crippen LogP contribution in [-0.4, -0.2) is 40.2 Å². The third kappa shape index (κ3) is 4.25. The minimum absolute atomic E-state index is 0.0570. The molecular formula is C17H18FN3O2. The molecule has 1 fully saturated rings. The number of halogens is 1. The summed E-state index contributed by atoms with van der Waals surface area (Å²) in [7, 11) is 0. The summed E-state index contributed by atoms with van der Waals surface area (Å²) in [6.45, 7) is 1.32. The van der Waals surface area contributed by atoms with Gasteiger partial charge in [-0.3, -0.25) is 4.79 Å². The van der Waals surface area contributed by atoms with Gasteiger partial charge in [0.05, 0.1) is 6.42 Å². The zero-order valence-corrected chi connectivity index (χ0v) is 12.7. The lowest BCUT2D eigenvalue weighted by molar-refractivity contribution is -0.132. The van der Waals surface area contributed by atoms with E-state index in [0.29, 0.717) is 25.4 Å². The van der Waals surface area contributed by atoms with Crippen LogP contribution in [0.25, 0.3) is 0 Å². The van der Waals surface area contributed by atoms with Crippen LogP contribution in [0, 0.1) is 5.82 Å². The van der Waals surface area contributed by atoms with Gasteiger partial charge < -0.3 is 9.64 Å². The highest BCUT2D eigenvalue weighted by atomic mass is 19.1. The molecule has 0 saturated carbocycles. The molecule has 1 aromatic carbocycles. The lowest BCUT2D eigenvalue weighted by Crippen LogP contribution is -2.42. The maximum absolute atomic E-state index is 12.9. The van der Waals surface area contributed by atoms with E-state index in [0.717, 1.165) is 18.4 Å². The molecule has 1 amide bonds. The van der Waals surface area contributed by atoms with Gasteiger partial charge in [0.25, 0.3) is 0 Å². The smallest absolute Gasteiger partial charge is 0.233 e. The largest absolute Gasteiger partial charge is 0.473 e. The molecule has 0 unspecified atom stereocenters. The molecule has 1 aromatic heterocycles. The van der Waals surface area contributed by atoms with Crippen molar-refractivity contribution in [1.82, 2.24) is 15.1 Å². The van der Waals surface area contributed by atoms with E-state index in [1.54, 1.807) is 30.5 Å². The van der Waals surface area contributed by atoms with Crippen LogP contribution in [-0.2, 0) is 11.2 Å². The van der Waals surface area contributed by atoms with Gasteiger partial charge in [-0.15, -0.1) is 5.10 Å². The molecule has 2 aromatic rings. The first-order valence-corrected chi connectivity index (χ1v) is 7.67. The summed E-state index contributed by atoms with van der Waals surface area (Å²) in [5, 5.41) is 7.69. The molecule has 1 aliphatic heterocycles. The molecule has 0 radical (unpaired) electrons. The number of ether oxygens (including phenoxy) is 1.